The summed E-state index contributed by atoms with van der Waals surface area (Å²) in [7, 11) is 8.34. The minimum absolute atomic E-state index is 0.0240. The Bertz CT molecular complexity index is 2900. The quantitative estimate of drug-likeness (QED) is 0.0567. The molecule has 26 nitrogen and oxygen atoms in total. The number of carbonyl (C=O) groups excluding carboxylic acids is 12. The van der Waals surface area contributed by atoms with Crippen LogP contribution >= 0.6 is 0 Å². The number of nitrogens with one attached hydrogen (secondary N) is 4. The molecule has 0 radical (unpaired) electrons. The van der Waals surface area contributed by atoms with E-state index in [9.17, 15) is 43.8 Å². The Balaban J connectivity index is 3.13. The number of aliphatic hydroxyl groups is 2. The van der Waals surface area contributed by atoms with Crippen molar-refractivity contribution in [3.63, 3.8) is 0 Å². The lowest BCUT2D eigenvalue weighted by Crippen LogP contribution is -2.61. The van der Waals surface area contributed by atoms with Gasteiger partial charge in [0.15, 0.2) is 0 Å². The van der Waals surface area contributed by atoms with E-state index in [0.29, 0.717) is 44.3 Å². The number of likely N-dealkylation sites (tertiary alicyclic amines) is 1. The number of nitrogens with zero attached hydrogens (tertiary/aromatic N) is 8. The van der Waals surface area contributed by atoms with Crippen LogP contribution in [0.3, 0.4) is 0 Å². The molecule has 26 heteroatoms. The van der Waals surface area contributed by atoms with E-state index in [1.165, 1.54) is 87.0 Å². The summed E-state index contributed by atoms with van der Waals surface area (Å²) < 4.78 is 0. The predicted octanol–water partition coefficient (Wildman–Crippen LogP) is 5.19. The molecule has 0 aromatic heterocycles. The standard InChI is InChI=1S/C74H122N12O14/c1-20-24-26-27-28-30-35-58-73(99)84(19)61(43-51(11)12)69(95)75-54(40-48(5)6)70(96)83(18)60(42-50(9)10)68(94)77-56(72(98)85-37-31-29-32-38-85)45-62(89)79(14)46-63(90)81(16)59(41-49(7)8)67(93)76-55(44-53(22-3)34-33-39-87)71(97)82(17)57(23-4)66(92)78-65(52(13)88)74(100)86(36-25-21-2)47-64(91)80(58)15/h20,22,24,26-28,33-34,39,48-52,54-61,65,87-88H,1,3,21,23,25,29-32,35-38,40-47H2,2,4-19H3,(H,75,95)(H,76,93)(H,77,94)(H,78,92)/b26-24-,28-27+,39-33+,53-34+/t52?,54-,55-,56?,57-,58-,59-,60-,61-,65-/m0/s1. The summed E-state index contributed by atoms with van der Waals surface area (Å²) in [6.07, 6.45) is 14.8. The molecule has 2 aliphatic rings. The molecule has 12 amide bonds. The molecule has 0 aromatic carbocycles. The summed E-state index contributed by atoms with van der Waals surface area (Å²) in [5.41, 5.74) is 0.361. The Hall–Kier alpha value is -8.16. The van der Waals surface area contributed by atoms with Gasteiger partial charge in [0, 0.05) is 68.3 Å². The molecule has 562 valence electrons. The molecule has 0 saturated carbocycles. The van der Waals surface area contributed by atoms with Crippen molar-refractivity contribution >= 4 is 70.9 Å². The maximum Gasteiger partial charge on any atom is 0.248 e. The smallest absolute Gasteiger partial charge is 0.248 e. The predicted molar refractivity (Wildman–Crippen MR) is 387 cm³/mol. The van der Waals surface area contributed by atoms with Crippen molar-refractivity contribution in [3.05, 3.63) is 73.6 Å². The van der Waals surface area contributed by atoms with Crippen LogP contribution in [-0.2, 0) is 57.5 Å². The molecule has 2 unspecified atom stereocenters. The maximum absolute atomic E-state index is 15.3. The van der Waals surface area contributed by atoms with Crippen molar-refractivity contribution in [2.45, 2.75) is 227 Å². The van der Waals surface area contributed by atoms with Gasteiger partial charge in [0.25, 0.3) is 0 Å². The SMILES string of the molecule is C=C/C=C\C=C\CC[C@H]1C(=O)N(C)[C@@H](CC(C)C)C(=O)N[C@@H](CC(C)C)C(=O)N(C)[C@@H](CC(C)C)C(=O)NC(C(=O)N2CCCCC2)CC(=O)N(C)CC(=O)N(C)[C@@H](CC(C)C)C(=O)N[C@@H](C/C(C=C)=C/C=C/O)C(=O)N(C)[C@@H](CC)C(=O)N[C@@H](C(C)O)C(=O)N(CCCC)CC(=O)N1C. The summed E-state index contributed by atoms with van der Waals surface area (Å²) in [5, 5.41) is 32.2. The number of aliphatic hydroxyl groups excluding tert-OH is 2. The third kappa shape index (κ3) is 27.8. The highest BCUT2D eigenvalue weighted by Crippen LogP contribution is 2.23. The van der Waals surface area contributed by atoms with Crippen LogP contribution in [0.2, 0.25) is 0 Å². The van der Waals surface area contributed by atoms with Crippen molar-refractivity contribution in [1.29, 1.82) is 0 Å². The van der Waals surface area contributed by atoms with Gasteiger partial charge in [-0.1, -0.05) is 131 Å². The van der Waals surface area contributed by atoms with E-state index in [1.807, 2.05) is 62.3 Å². The van der Waals surface area contributed by atoms with Crippen LogP contribution in [0, 0.1) is 23.7 Å². The van der Waals surface area contributed by atoms with Crippen LogP contribution in [0.5, 0.6) is 0 Å². The summed E-state index contributed by atoms with van der Waals surface area (Å²) in [5.74, 6) is -9.54. The van der Waals surface area contributed by atoms with E-state index < -0.39 is 151 Å². The van der Waals surface area contributed by atoms with Crippen molar-refractivity contribution in [1.82, 2.24) is 60.5 Å². The van der Waals surface area contributed by atoms with E-state index >= 15 is 24.0 Å². The highest BCUT2D eigenvalue weighted by Gasteiger charge is 2.43. The van der Waals surface area contributed by atoms with Gasteiger partial charge < -0.3 is 70.7 Å². The lowest BCUT2D eigenvalue weighted by atomic mass is 9.96. The van der Waals surface area contributed by atoms with E-state index in [2.05, 4.69) is 34.4 Å². The second-order valence-electron chi connectivity index (χ2n) is 28.3. The average Bonchev–Trinajstić information content (AvgIpc) is 0.822. The summed E-state index contributed by atoms with van der Waals surface area (Å²) in [4.78, 5) is 188. The second kappa shape index (κ2) is 44.2. The zero-order valence-electron chi connectivity index (χ0n) is 63.0. The highest BCUT2D eigenvalue weighted by atomic mass is 16.3. The Morgan fingerprint density at radius 1 is 0.550 bits per heavy atom. The van der Waals surface area contributed by atoms with Gasteiger partial charge in [-0.15, -0.1) is 0 Å². The molecule has 100 heavy (non-hydrogen) atoms. The lowest BCUT2D eigenvalue weighted by molar-refractivity contribution is -0.151. The number of rotatable bonds is 23. The Kier molecular flexibility index (Phi) is 38.8. The first-order chi connectivity index (χ1) is 47.0. The summed E-state index contributed by atoms with van der Waals surface area (Å²) in [6, 6.07) is -12.2. The van der Waals surface area contributed by atoms with Gasteiger partial charge in [-0.05, 0) is 113 Å². The zero-order chi connectivity index (χ0) is 75.8. The molecule has 2 heterocycles. The monoisotopic (exact) mass is 1400 g/mol. The fourth-order valence-corrected chi connectivity index (χ4v) is 12.2. The van der Waals surface area contributed by atoms with Gasteiger partial charge in [0.1, 0.15) is 54.4 Å². The van der Waals surface area contributed by atoms with E-state index in [1.54, 1.807) is 42.2 Å². The van der Waals surface area contributed by atoms with Crippen LogP contribution in [0.15, 0.2) is 73.6 Å². The molecule has 0 aliphatic carbocycles. The maximum atomic E-state index is 15.3. The largest absolute Gasteiger partial charge is 0.516 e. The van der Waals surface area contributed by atoms with Gasteiger partial charge in [0.2, 0.25) is 70.9 Å². The van der Waals surface area contributed by atoms with Gasteiger partial charge >= 0.3 is 0 Å². The van der Waals surface area contributed by atoms with Crippen LogP contribution in [0.4, 0.5) is 0 Å². The minimum atomic E-state index is -1.68. The van der Waals surface area contributed by atoms with Gasteiger partial charge in [0.05, 0.1) is 31.9 Å². The zero-order valence-corrected chi connectivity index (χ0v) is 63.0. The molecule has 2 fully saturated rings. The Labute approximate surface area is 595 Å². The molecule has 2 rings (SSSR count). The van der Waals surface area contributed by atoms with E-state index in [0.717, 1.165) is 27.4 Å². The third-order valence-corrected chi connectivity index (χ3v) is 18.2. The topological polar surface area (TPSA) is 319 Å². The number of unbranched alkanes of at least 4 members (excludes halogenated alkanes) is 1. The molecule has 0 spiro atoms. The number of allylic oxidation sites excluding steroid dienone is 8. The number of likely N-dealkylation sites (N-methyl/N-ethyl adjacent to an activating group) is 6. The van der Waals surface area contributed by atoms with Gasteiger partial charge in [-0.25, -0.2) is 0 Å². The fourth-order valence-electron chi connectivity index (χ4n) is 12.2. The molecule has 6 N–H and O–H groups in total. The number of amides is 12. The van der Waals surface area contributed by atoms with Crippen molar-refractivity contribution in [2.75, 3.05) is 75.0 Å². The summed E-state index contributed by atoms with van der Waals surface area (Å²) in [6.45, 7) is 26.6. The van der Waals surface area contributed by atoms with Crippen molar-refractivity contribution < 1.29 is 67.7 Å². The normalized spacial score (nSPS) is 24.7. The molecule has 0 aromatic rings. The van der Waals surface area contributed by atoms with Crippen LogP contribution in [-0.4, -0.2) is 256 Å². The highest BCUT2D eigenvalue weighted by molar-refractivity contribution is 6.00. The van der Waals surface area contributed by atoms with Gasteiger partial charge in [-0.3, -0.25) is 57.5 Å². The van der Waals surface area contributed by atoms with E-state index in [4.69, 9.17) is 0 Å². The molecule has 2 aliphatic heterocycles. The fraction of sp³-hybridized carbons (Fsp3) is 0.676. The average molecular weight is 1400 g/mol. The Morgan fingerprint density at radius 3 is 1.55 bits per heavy atom. The molecule has 0 bridgehead atoms. The second-order valence-corrected chi connectivity index (χ2v) is 28.3. The lowest BCUT2D eigenvalue weighted by Gasteiger charge is -2.37. The first-order valence-corrected chi connectivity index (χ1v) is 35.6. The van der Waals surface area contributed by atoms with Crippen LogP contribution < -0.4 is 21.3 Å². The molecular weight excluding hydrogens is 1280 g/mol. The van der Waals surface area contributed by atoms with Crippen molar-refractivity contribution in [3.8, 4) is 0 Å². The molecule has 10 atom stereocenters. The Morgan fingerprint density at radius 2 is 1.04 bits per heavy atom. The number of hydrogen-bond acceptors (Lipinski definition) is 14. The number of piperidine rings is 1. The number of carbonyl (C=O) groups is 12. The number of hydrogen-bond donors (Lipinski definition) is 6. The first-order valence-electron chi connectivity index (χ1n) is 35.6. The summed E-state index contributed by atoms with van der Waals surface area (Å²) >= 11 is 0. The van der Waals surface area contributed by atoms with E-state index in [-0.39, 0.29) is 81.6 Å². The van der Waals surface area contributed by atoms with Crippen LogP contribution in [0.25, 0.3) is 0 Å². The molecular formula is C74H122N12O14. The minimum Gasteiger partial charge on any atom is -0.516 e. The first kappa shape index (κ1) is 87.9. The van der Waals surface area contributed by atoms with Crippen molar-refractivity contribution in [2.24, 2.45) is 23.7 Å². The van der Waals surface area contributed by atoms with Gasteiger partial charge in [-0.2, -0.15) is 0 Å². The van der Waals surface area contributed by atoms with Crippen LogP contribution in [0.1, 0.15) is 166 Å². The molecule has 2 saturated heterocycles. The third-order valence-electron chi connectivity index (χ3n) is 18.2.